The number of carbonyl (C=O) groups is 2. The van der Waals surface area contributed by atoms with E-state index in [0.717, 1.165) is 22.9 Å². The van der Waals surface area contributed by atoms with Crippen LogP contribution in [0.2, 0.25) is 5.02 Å². The van der Waals surface area contributed by atoms with Gasteiger partial charge in [0.05, 0.1) is 23.6 Å². The monoisotopic (exact) mass is 509 g/mol. The number of aryl methyl sites for hydroxylation is 1. The lowest BCUT2D eigenvalue weighted by molar-refractivity contribution is -0.123. The number of nitrogens with zero attached hydrogens (tertiary/aromatic N) is 1. The molecule has 0 N–H and O–H groups in total. The van der Waals surface area contributed by atoms with Crippen LogP contribution in [0, 0.1) is 6.92 Å². The van der Waals surface area contributed by atoms with Crippen molar-refractivity contribution in [2.24, 2.45) is 0 Å². The molecular formula is C27H24ClNO5S. The number of ether oxygens (including phenoxy) is 3. The smallest absolute Gasteiger partial charge is 0.293 e. The summed E-state index contributed by atoms with van der Waals surface area (Å²) in [5, 5.41) is 0.00724. The molecule has 0 spiro atoms. The number of imide groups is 1. The fourth-order valence-corrected chi connectivity index (χ4v) is 4.67. The number of rotatable bonds is 9. The minimum Gasteiger partial charge on any atom is -0.493 e. The average molecular weight is 510 g/mol. The third-order valence-electron chi connectivity index (χ3n) is 5.22. The summed E-state index contributed by atoms with van der Waals surface area (Å²) >= 11 is 7.38. The van der Waals surface area contributed by atoms with Crippen molar-refractivity contribution in [2.75, 3.05) is 20.3 Å². The van der Waals surface area contributed by atoms with Crippen molar-refractivity contribution in [1.29, 1.82) is 0 Å². The molecule has 1 aliphatic rings. The highest BCUT2D eigenvalue weighted by Crippen LogP contribution is 2.39. The van der Waals surface area contributed by atoms with Crippen LogP contribution in [0.4, 0.5) is 4.79 Å². The summed E-state index contributed by atoms with van der Waals surface area (Å²) in [5.74, 6) is 1.17. The van der Waals surface area contributed by atoms with E-state index >= 15 is 0 Å². The Morgan fingerprint density at radius 2 is 1.80 bits per heavy atom. The van der Waals surface area contributed by atoms with E-state index in [1.807, 2.05) is 61.5 Å². The summed E-state index contributed by atoms with van der Waals surface area (Å²) in [6.45, 7) is 2.72. The van der Waals surface area contributed by atoms with Gasteiger partial charge in [-0.1, -0.05) is 59.6 Å². The van der Waals surface area contributed by atoms with Gasteiger partial charge in [-0.2, -0.15) is 0 Å². The minimum absolute atomic E-state index is 0.159. The minimum atomic E-state index is -0.369. The topological polar surface area (TPSA) is 65.1 Å². The molecule has 0 bridgehead atoms. The van der Waals surface area contributed by atoms with E-state index in [0.29, 0.717) is 39.3 Å². The third kappa shape index (κ3) is 6.18. The Balaban J connectivity index is 1.45. The van der Waals surface area contributed by atoms with Gasteiger partial charge in [0.15, 0.2) is 11.5 Å². The summed E-state index contributed by atoms with van der Waals surface area (Å²) in [6.07, 6.45) is 1.63. The van der Waals surface area contributed by atoms with Crippen LogP contribution >= 0.6 is 23.4 Å². The highest BCUT2D eigenvalue weighted by molar-refractivity contribution is 8.18. The SMILES string of the molecule is COc1cc(/C=C2\SC(=O)N(CCOc3ccccc3)C2=O)cc(Cl)c1OCc1cccc(C)c1. The van der Waals surface area contributed by atoms with Gasteiger partial charge < -0.3 is 14.2 Å². The third-order valence-corrected chi connectivity index (χ3v) is 6.40. The predicted octanol–water partition coefficient (Wildman–Crippen LogP) is 6.35. The molecule has 4 rings (SSSR count). The number of halogens is 1. The second-order valence-electron chi connectivity index (χ2n) is 7.81. The largest absolute Gasteiger partial charge is 0.493 e. The second-order valence-corrected chi connectivity index (χ2v) is 9.21. The van der Waals surface area contributed by atoms with Crippen LogP contribution in [-0.2, 0) is 11.4 Å². The molecule has 3 aromatic carbocycles. The Kier molecular flexibility index (Phi) is 8.00. The van der Waals surface area contributed by atoms with Crippen molar-refractivity contribution in [3.05, 3.63) is 93.3 Å². The molecule has 2 amide bonds. The molecule has 0 aromatic heterocycles. The van der Waals surface area contributed by atoms with E-state index in [9.17, 15) is 9.59 Å². The quantitative estimate of drug-likeness (QED) is 0.313. The number of methoxy groups -OCH3 is 1. The molecule has 1 fully saturated rings. The number of benzene rings is 3. The predicted molar refractivity (Wildman–Crippen MR) is 138 cm³/mol. The van der Waals surface area contributed by atoms with Crippen molar-refractivity contribution in [1.82, 2.24) is 4.90 Å². The highest BCUT2D eigenvalue weighted by Gasteiger charge is 2.35. The summed E-state index contributed by atoms with van der Waals surface area (Å²) in [7, 11) is 1.52. The van der Waals surface area contributed by atoms with Gasteiger partial charge in [0, 0.05) is 0 Å². The lowest BCUT2D eigenvalue weighted by Gasteiger charge is -2.14. The van der Waals surface area contributed by atoms with E-state index in [2.05, 4.69) is 0 Å². The number of hydrogen-bond acceptors (Lipinski definition) is 6. The number of thioether (sulfide) groups is 1. The molecule has 1 heterocycles. The van der Waals surface area contributed by atoms with Crippen molar-refractivity contribution in [2.45, 2.75) is 13.5 Å². The Morgan fingerprint density at radius 1 is 1.00 bits per heavy atom. The first kappa shape index (κ1) is 24.7. The first-order valence-corrected chi connectivity index (χ1v) is 12.1. The van der Waals surface area contributed by atoms with Crippen LogP contribution in [-0.4, -0.2) is 36.3 Å². The number of carbonyl (C=O) groups excluding carboxylic acids is 2. The summed E-state index contributed by atoms with van der Waals surface area (Å²) in [5.41, 5.74) is 2.78. The van der Waals surface area contributed by atoms with Crippen LogP contribution in [0.25, 0.3) is 6.08 Å². The van der Waals surface area contributed by atoms with Crippen molar-refractivity contribution < 1.29 is 23.8 Å². The van der Waals surface area contributed by atoms with Gasteiger partial charge in [-0.15, -0.1) is 0 Å². The normalized spacial score (nSPS) is 14.5. The van der Waals surface area contributed by atoms with Gasteiger partial charge in [0.1, 0.15) is 19.0 Å². The van der Waals surface area contributed by atoms with Crippen LogP contribution in [0.3, 0.4) is 0 Å². The summed E-state index contributed by atoms with van der Waals surface area (Å²) in [6, 6.07) is 20.6. The number of amides is 2. The molecule has 1 saturated heterocycles. The molecule has 8 heteroatoms. The zero-order valence-electron chi connectivity index (χ0n) is 19.3. The lowest BCUT2D eigenvalue weighted by atomic mass is 10.1. The highest BCUT2D eigenvalue weighted by atomic mass is 35.5. The fraction of sp³-hybridized carbons (Fsp3) is 0.185. The Morgan fingerprint density at radius 3 is 2.54 bits per heavy atom. The Labute approximate surface area is 213 Å². The van der Waals surface area contributed by atoms with Crippen molar-refractivity contribution >= 4 is 40.6 Å². The summed E-state index contributed by atoms with van der Waals surface area (Å²) in [4.78, 5) is 26.7. The van der Waals surface area contributed by atoms with Crippen molar-refractivity contribution in [3.8, 4) is 17.2 Å². The first-order valence-electron chi connectivity index (χ1n) is 10.9. The van der Waals surface area contributed by atoms with E-state index < -0.39 is 0 Å². The average Bonchev–Trinajstić information content (AvgIpc) is 3.11. The standard InChI is InChI=1S/C27H24ClNO5S/c1-18-7-6-8-19(13-18)17-34-25-22(28)14-20(15-23(25)32-2)16-24-26(30)29(27(31)35-24)11-12-33-21-9-4-3-5-10-21/h3-10,13-16H,11-12,17H2,1-2H3/b24-16-. The van der Waals surface area contributed by atoms with Gasteiger partial charge in [-0.25, -0.2) is 0 Å². The van der Waals surface area contributed by atoms with E-state index in [1.54, 1.807) is 18.2 Å². The molecule has 0 unspecified atom stereocenters. The van der Waals surface area contributed by atoms with Gasteiger partial charge >= 0.3 is 0 Å². The van der Waals surface area contributed by atoms with E-state index in [4.69, 9.17) is 25.8 Å². The molecule has 0 aliphatic carbocycles. The Bertz CT molecular complexity index is 1260. The zero-order chi connectivity index (χ0) is 24.8. The summed E-state index contributed by atoms with van der Waals surface area (Å²) < 4.78 is 17.0. The number of para-hydroxylation sites is 1. The Hall–Kier alpha value is -3.42. The maximum Gasteiger partial charge on any atom is 0.293 e. The second kappa shape index (κ2) is 11.3. The van der Waals surface area contributed by atoms with Crippen LogP contribution in [0.15, 0.2) is 71.6 Å². The molecule has 180 valence electrons. The lowest BCUT2D eigenvalue weighted by Crippen LogP contribution is -2.32. The van der Waals surface area contributed by atoms with Gasteiger partial charge in [-0.3, -0.25) is 14.5 Å². The van der Waals surface area contributed by atoms with Gasteiger partial charge in [-0.05, 0) is 60.2 Å². The molecule has 0 atom stereocenters. The van der Waals surface area contributed by atoms with Gasteiger partial charge in [0.25, 0.3) is 11.1 Å². The molecule has 1 aliphatic heterocycles. The number of hydrogen-bond donors (Lipinski definition) is 0. The zero-order valence-corrected chi connectivity index (χ0v) is 20.9. The molecule has 35 heavy (non-hydrogen) atoms. The maximum absolute atomic E-state index is 12.8. The fourth-order valence-electron chi connectivity index (χ4n) is 3.54. The van der Waals surface area contributed by atoms with Gasteiger partial charge in [0.2, 0.25) is 0 Å². The first-order chi connectivity index (χ1) is 16.9. The van der Waals surface area contributed by atoms with E-state index in [-0.39, 0.29) is 24.3 Å². The van der Waals surface area contributed by atoms with Crippen LogP contribution < -0.4 is 14.2 Å². The van der Waals surface area contributed by atoms with Crippen molar-refractivity contribution in [3.63, 3.8) is 0 Å². The van der Waals surface area contributed by atoms with Crippen LogP contribution in [0.5, 0.6) is 17.2 Å². The molecular weight excluding hydrogens is 486 g/mol. The molecule has 6 nitrogen and oxygen atoms in total. The molecule has 3 aromatic rings. The van der Waals surface area contributed by atoms with Crippen LogP contribution in [0.1, 0.15) is 16.7 Å². The maximum atomic E-state index is 12.8. The molecule has 0 saturated carbocycles. The van der Waals surface area contributed by atoms with E-state index in [1.165, 1.54) is 12.0 Å². The molecule has 0 radical (unpaired) electrons.